The number of carbonyl (C=O) groups is 1. The second-order valence-electron chi connectivity index (χ2n) is 6.35. The van der Waals surface area contributed by atoms with E-state index in [0.717, 1.165) is 31.8 Å². The van der Waals surface area contributed by atoms with Gasteiger partial charge in [-0.15, -0.1) is 0 Å². The van der Waals surface area contributed by atoms with Gasteiger partial charge in [-0.1, -0.05) is 25.7 Å². The standard InChI is InChI=1S/C15H28N2O/c1-16-11-15(9-4-10-15)12-17-14(18)8-3-7-13-5-2-6-13/h13,16H,2-12H2,1H3,(H,17,18). The Bertz CT molecular complexity index is 270. The molecule has 104 valence electrons. The number of hydrogen-bond donors (Lipinski definition) is 2. The Balaban J connectivity index is 1.55. The molecule has 0 aromatic rings. The van der Waals surface area contributed by atoms with Crippen LogP contribution in [-0.2, 0) is 4.79 Å². The quantitative estimate of drug-likeness (QED) is 0.697. The zero-order valence-corrected chi connectivity index (χ0v) is 11.8. The van der Waals surface area contributed by atoms with E-state index in [0.29, 0.717) is 5.41 Å². The van der Waals surface area contributed by atoms with Gasteiger partial charge in [-0.05, 0) is 38.6 Å². The van der Waals surface area contributed by atoms with Gasteiger partial charge in [0, 0.05) is 24.9 Å². The summed E-state index contributed by atoms with van der Waals surface area (Å²) in [7, 11) is 2.00. The van der Waals surface area contributed by atoms with Crippen molar-refractivity contribution in [1.29, 1.82) is 0 Å². The van der Waals surface area contributed by atoms with Crippen molar-refractivity contribution in [3.63, 3.8) is 0 Å². The van der Waals surface area contributed by atoms with Crippen molar-refractivity contribution in [2.45, 2.75) is 57.8 Å². The summed E-state index contributed by atoms with van der Waals surface area (Å²) in [5.74, 6) is 1.19. The number of amides is 1. The van der Waals surface area contributed by atoms with Crippen LogP contribution in [0.3, 0.4) is 0 Å². The molecule has 18 heavy (non-hydrogen) atoms. The summed E-state index contributed by atoms with van der Waals surface area (Å²) in [4.78, 5) is 11.8. The fourth-order valence-electron chi connectivity index (χ4n) is 3.18. The van der Waals surface area contributed by atoms with Crippen LogP contribution in [0.4, 0.5) is 0 Å². The first kappa shape index (κ1) is 13.9. The number of carbonyl (C=O) groups excluding carboxylic acids is 1. The van der Waals surface area contributed by atoms with Crippen LogP contribution in [0.5, 0.6) is 0 Å². The molecular weight excluding hydrogens is 224 g/mol. The molecule has 0 spiro atoms. The summed E-state index contributed by atoms with van der Waals surface area (Å²) < 4.78 is 0. The van der Waals surface area contributed by atoms with Crippen LogP contribution in [0.15, 0.2) is 0 Å². The van der Waals surface area contributed by atoms with Gasteiger partial charge in [-0.2, -0.15) is 0 Å². The maximum absolute atomic E-state index is 11.8. The Hall–Kier alpha value is -0.570. The lowest BCUT2D eigenvalue weighted by atomic mass is 9.68. The Morgan fingerprint density at radius 2 is 2.00 bits per heavy atom. The summed E-state index contributed by atoms with van der Waals surface area (Å²) in [5.41, 5.74) is 0.360. The second kappa shape index (κ2) is 6.55. The fraction of sp³-hybridized carbons (Fsp3) is 0.933. The van der Waals surface area contributed by atoms with Crippen molar-refractivity contribution in [3.8, 4) is 0 Å². The summed E-state index contributed by atoms with van der Waals surface area (Å²) in [6.07, 6.45) is 11.1. The average Bonchev–Trinajstić information content (AvgIpc) is 2.25. The highest BCUT2D eigenvalue weighted by Gasteiger charge is 2.36. The maximum Gasteiger partial charge on any atom is 0.220 e. The van der Waals surface area contributed by atoms with Gasteiger partial charge in [0.25, 0.3) is 0 Å². The highest BCUT2D eigenvalue weighted by Crippen LogP contribution is 2.39. The Morgan fingerprint density at radius 1 is 1.22 bits per heavy atom. The normalized spacial score (nSPS) is 22.1. The topological polar surface area (TPSA) is 41.1 Å². The van der Waals surface area contributed by atoms with Crippen molar-refractivity contribution >= 4 is 5.91 Å². The highest BCUT2D eigenvalue weighted by molar-refractivity contribution is 5.75. The van der Waals surface area contributed by atoms with E-state index in [-0.39, 0.29) is 5.91 Å². The van der Waals surface area contributed by atoms with Crippen LogP contribution in [0.2, 0.25) is 0 Å². The smallest absolute Gasteiger partial charge is 0.220 e. The van der Waals surface area contributed by atoms with Crippen LogP contribution < -0.4 is 10.6 Å². The van der Waals surface area contributed by atoms with Gasteiger partial charge < -0.3 is 10.6 Å². The van der Waals surface area contributed by atoms with Gasteiger partial charge >= 0.3 is 0 Å². The SMILES string of the molecule is CNCC1(CNC(=O)CCCC2CCC2)CCC1. The van der Waals surface area contributed by atoms with Crippen molar-refractivity contribution in [2.75, 3.05) is 20.1 Å². The summed E-state index contributed by atoms with van der Waals surface area (Å²) in [6.45, 7) is 1.91. The summed E-state index contributed by atoms with van der Waals surface area (Å²) in [6, 6.07) is 0. The number of rotatable bonds is 8. The van der Waals surface area contributed by atoms with Crippen LogP contribution in [0.25, 0.3) is 0 Å². The molecular formula is C15H28N2O. The van der Waals surface area contributed by atoms with Crippen LogP contribution in [-0.4, -0.2) is 26.0 Å². The lowest BCUT2D eigenvalue weighted by Crippen LogP contribution is -2.47. The predicted octanol–water partition coefficient (Wildman–Crippen LogP) is 2.46. The maximum atomic E-state index is 11.8. The molecule has 3 heteroatoms. The summed E-state index contributed by atoms with van der Waals surface area (Å²) >= 11 is 0. The van der Waals surface area contributed by atoms with Gasteiger partial charge in [0.15, 0.2) is 0 Å². The van der Waals surface area contributed by atoms with Gasteiger partial charge in [-0.25, -0.2) is 0 Å². The molecule has 0 unspecified atom stereocenters. The molecule has 0 aromatic heterocycles. The minimum atomic E-state index is 0.261. The number of hydrogen-bond acceptors (Lipinski definition) is 2. The monoisotopic (exact) mass is 252 g/mol. The largest absolute Gasteiger partial charge is 0.355 e. The minimum Gasteiger partial charge on any atom is -0.355 e. The van der Waals surface area contributed by atoms with Crippen LogP contribution in [0, 0.1) is 11.3 Å². The van der Waals surface area contributed by atoms with Crippen molar-refractivity contribution in [3.05, 3.63) is 0 Å². The third kappa shape index (κ3) is 3.71. The third-order valence-electron chi connectivity index (χ3n) is 4.87. The Labute approximate surface area is 111 Å². The van der Waals surface area contributed by atoms with Gasteiger partial charge in [0.05, 0.1) is 0 Å². The molecule has 0 aliphatic heterocycles. The van der Waals surface area contributed by atoms with Gasteiger partial charge in [-0.3, -0.25) is 4.79 Å². The van der Waals surface area contributed by atoms with E-state index >= 15 is 0 Å². The van der Waals surface area contributed by atoms with E-state index < -0.39 is 0 Å². The predicted molar refractivity (Wildman–Crippen MR) is 74.4 cm³/mol. The molecule has 0 aromatic carbocycles. The van der Waals surface area contributed by atoms with Crippen LogP contribution >= 0.6 is 0 Å². The molecule has 2 saturated carbocycles. The molecule has 0 bridgehead atoms. The van der Waals surface area contributed by atoms with E-state index in [9.17, 15) is 4.79 Å². The van der Waals surface area contributed by atoms with E-state index in [1.807, 2.05) is 7.05 Å². The van der Waals surface area contributed by atoms with Crippen molar-refractivity contribution in [1.82, 2.24) is 10.6 Å². The van der Waals surface area contributed by atoms with Crippen molar-refractivity contribution < 1.29 is 4.79 Å². The molecule has 2 aliphatic carbocycles. The van der Waals surface area contributed by atoms with Gasteiger partial charge in [0.2, 0.25) is 5.91 Å². The molecule has 1 amide bonds. The highest BCUT2D eigenvalue weighted by atomic mass is 16.1. The lowest BCUT2D eigenvalue weighted by molar-refractivity contribution is -0.122. The molecule has 0 atom stereocenters. The lowest BCUT2D eigenvalue weighted by Gasteiger charge is -2.42. The van der Waals surface area contributed by atoms with E-state index in [4.69, 9.17) is 0 Å². The molecule has 2 rings (SSSR count). The van der Waals surface area contributed by atoms with E-state index in [1.54, 1.807) is 0 Å². The molecule has 2 fully saturated rings. The third-order valence-corrected chi connectivity index (χ3v) is 4.87. The Kier molecular flexibility index (Phi) is 5.04. The first-order chi connectivity index (χ1) is 8.74. The summed E-state index contributed by atoms with van der Waals surface area (Å²) in [5, 5.41) is 6.40. The van der Waals surface area contributed by atoms with Crippen molar-refractivity contribution in [2.24, 2.45) is 11.3 Å². The molecule has 2 N–H and O–H groups in total. The molecule has 3 nitrogen and oxygen atoms in total. The first-order valence-corrected chi connectivity index (χ1v) is 7.65. The number of nitrogens with one attached hydrogen (secondary N) is 2. The van der Waals surface area contributed by atoms with Crippen LogP contribution in [0.1, 0.15) is 57.8 Å². The fourth-order valence-corrected chi connectivity index (χ4v) is 3.18. The zero-order chi connectivity index (χ0) is 12.8. The molecule has 0 radical (unpaired) electrons. The molecule has 2 aliphatic rings. The zero-order valence-electron chi connectivity index (χ0n) is 11.8. The minimum absolute atomic E-state index is 0.261. The average molecular weight is 252 g/mol. The molecule has 0 heterocycles. The first-order valence-electron chi connectivity index (χ1n) is 7.65. The van der Waals surface area contributed by atoms with E-state index in [2.05, 4.69) is 10.6 Å². The van der Waals surface area contributed by atoms with E-state index in [1.165, 1.54) is 44.9 Å². The van der Waals surface area contributed by atoms with Gasteiger partial charge in [0.1, 0.15) is 0 Å². The Morgan fingerprint density at radius 3 is 2.50 bits per heavy atom. The second-order valence-corrected chi connectivity index (χ2v) is 6.35. The molecule has 0 saturated heterocycles.